The van der Waals surface area contributed by atoms with Crippen LogP contribution in [0.1, 0.15) is 21.7 Å². The Labute approximate surface area is 109 Å². The molecule has 0 bridgehead atoms. The summed E-state index contributed by atoms with van der Waals surface area (Å²) in [6.45, 7) is 2.23. The van der Waals surface area contributed by atoms with Gasteiger partial charge < -0.3 is 14.8 Å². The van der Waals surface area contributed by atoms with Crippen molar-refractivity contribution in [3.05, 3.63) is 52.4 Å². The number of hydrogen-bond donors (Lipinski definition) is 2. The Balaban J connectivity index is 2.14. The molecule has 0 aliphatic rings. The Bertz CT molecular complexity index is 577. The van der Waals surface area contributed by atoms with Gasteiger partial charge in [0.25, 0.3) is 0 Å². The fraction of sp³-hybridized carbons (Fsp3) is 0.154. The van der Waals surface area contributed by atoms with Crippen LogP contribution >= 0.6 is 11.6 Å². The van der Waals surface area contributed by atoms with Gasteiger partial charge >= 0.3 is 5.97 Å². The Morgan fingerprint density at radius 1 is 1.44 bits per heavy atom. The first kappa shape index (κ1) is 12.5. The van der Waals surface area contributed by atoms with Crippen molar-refractivity contribution in [2.75, 3.05) is 5.32 Å². The van der Waals surface area contributed by atoms with Crippen molar-refractivity contribution >= 4 is 23.3 Å². The zero-order valence-corrected chi connectivity index (χ0v) is 10.5. The van der Waals surface area contributed by atoms with E-state index in [4.69, 9.17) is 21.1 Å². The average Bonchev–Trinajstić information content (AvgIpc) is 2.79. The second kappa shape index (κ2) is 5.14. The molecule has 1 aromatic heterocycles. The van der Waals surface area contributed by atoms with Gasteiger partial charge in [-0.2, -0.15) is 0 Å². The number of aromatic carboxylic acids is 1. The van der Waals surface area contributed by atoms with E-state index in [1.165, 1.54) is 12.3 Å². The summed E-state index contributed by atoms with van der Waals surface area (Å²) >= 11 is 6.03. The average molecular weight is 266 g/mol. The fourth-order valence-electron chi connectivity index (χ4n) is 1.62. The normalized spacial score (nSPS) is 10.3. The summed E-state index contributed by atoms with van der Waals surface area (Å²) in [7, 11) is 0. The Hall–Kier alpha value is -1.94. The molecule has 4 nitrogen and oxygen atoms in total. The van der Waals surface area contributed by atoms with Crippen LogP contribution in [0.3, 0.4) is 0 Å². The maximum atomic E-state index is 10.9. The van der Waals surface area contributed by atoms with Crippen molar-refractivity contribution in [3.63, 3.8) is 0 Å². The monoisotopic (exact) mass is 265 g/mol. The molecule has 0 aliphatic heterocycles. The van der Waals surface area contributed by atoms with E-state index in [0.29, 0.717) is 10.8 Å². The van der Waals surface area contributed by atoms with Crippen LogP contribution in [0.4, 0.5) is 5.69 Å². The van der Waals surface area contributed by atoms with Crippen LogP contribution in [-0.4, -0.2) is 11.1 Å². The summed E-state index contributed by atoms with van der Waals surface area (Å²) in [6.07, 6.45) is 1.36. The molecule has 0 atom stereocenters. The molecule has 2 N–H and O–H groups in total. The standard InChI is InChI=1S/C13H12ClNO3/c1-8-2-3-10(14)11(6-8)15-7-12-9(13(16)17)4-5-18-12/h2-6,15H,7H2,1H3,(H,16,17). The van der Waals surface area contributed by atoms with Crippen molar-refractivity contribution in [1.29, 1.82) is 0 Å². The summed E-state index contributed by atoms with van der Waals surface area (Å²) in [4.78, 5) is 10.9. The van der Waals surface area contributed by atoms with Gasteiger partial charge in [-0.15, -0.1) is 0 Å². The van der Waals surface area contributed by atoms with Crippen LogP contribution in [0.5, 0.6) is 0 Å². The molecule has 0 saturated carbocycles. The van der Waals surface area contributed by atoms with Gasteiger partial charge in [0.15, 0.2) is 0 Å². The molecular weight excluding hydrogens is 254 g/mol. The minimum atomic E-state index is -1.00. The number of aryl methyl sites for hydroxylation is 1. The molecule has 2 aromatic rings. The molecule has 0 amide bonds. The molecule has 5 heteroatoms. The Kier molecular flexibility index (Phi) is 3.58. The summed E-state index contributed by atoms with van der Waals surface area (Å²) in [5, 5.41) is 12.6. The van der Waals surface area contributed by atoms with Crippen LogP contribution in [0.15, 0.2) is 34.9 Å². The van der Waals surface area contributed by atoms with Gasteiger partial charge in [-0.25, -0.2) is 4.79 Å². The highest BCUT2D eigenvalue weighted by molar-refractivity contribution is 6.33. The lowest BCUT2D eigenvalue weighted by Crippen LogP contribution is -2.05. The number of hydrogen-bond acceptors (Lipinski definition) is 3. The summed E-state index contributed by atoms with van der Waals surface area (Å²) in [5.74, 6) is -0.629. The van der Waals surface area contributed by atoms with Crippen LogP contribution in [0, 0.1) is 6.92 Å². The molecule has 0 radical (unpaired) electrons. The predicted molar refractivity (Wildman–Crippen MR) is 69.2 cm³/mol. The van der Waals surface area contributed by atoms with Gasteiger partial charge in [0.2, 0.25) is 0 Å². The Morgan fingerprint density at radius 2 is 2.22 bits per heavy atom. The molecule has 0 spiro atoms. The van der Waals surface area contributed by atoms with E-state index in [9.17, 15) is 4.79 Å². The van der Waals surface area contributed by atoms with Crippen molar-refractivity contribution in [3.8, 4) is 0 Å². The topological polar surface area (TPSA) is 62.5 Å². The first-order valence-electron chi connectivity index (χ1n) is 5.37. The minimum absolute atomic E-state index is 0.159. The van der Waals surface area contributed by atoms with Gasteiger partial charge in [0.1, 0.15) is 11.3 Å². The quantitative estimate of drug-likeness (QED) is 0.887. The molecule has 18 heavy (non-hydrogen) atoms. The smallest absolute Gasteiger partial charge is 0.339 e. The van der Waals surface area contributed by atoms with E-state index >= 15 is 0 Å². The lowest BCUT2D eigenvalue weighted by molar-refractivity contribution is 0.0694. The van der Waals surface area contributed by atoms with Crippen LogP contribution in [0.25, 0.3) is 0 Å². The number of carboxylic acids is 1. The van der Waals surface area contributed by atoms with Crippen molar-refractivity contribution < 1.29 is 14.3 Å². The highest BCUT2D eigenvalue weighted by atomic mass is 35.5. The summed E-state index contributed by atoms with van der Waals surface area (Å²) < 4.78 is 5.13. The highest BCUT2D eigenvalue weighted by Crippen LogP contribution is 2.23. The first-order valence-corrected chi connectivity index (χ1v) is 5.75. The van der Waals surface area contributed by atoms with Gasteiger partial charge in [-0.05, 0) is 30.7 Å². The molecule has 1 heterocycles. The van der Waals surface area contributed by atoms with Crippen molar-refractivity contribution in [1.82, 2.24) is 0 Å². The number of halogens is 1. The van der Waals surface area contributed by atoms with E-state index in [1.807, 2.05) is 19.1 Å². The number of carboxylic acid groups (broad SMARTS) is 1. The lowest BCUT2D eigenvalue weighted by atomic mass is 10.2. The molecule has 1 aromatic carbocycles. The third kappa shape index (κ3) is 2.65. The number of anilines is 1. The van der Waals surface area contributed by atoms with Gasteiger partial charge in [-0.3, -0.25) is 0 Å². The van der Waals surface area contributed by atoms with E-state index in [1.54, 1.807) is 6.07 Å². The zero-order valence-electron chi connectivity index (χ0n) is 9.74. The zero-order chi connectivity index (χ0) is 13.1. The van der Waals surface area contributed by atoms with E-state index in [2.05, 4.69) is 5.32 Å². The predicted octanol–water partition coefficient (Wildman–Crippen LogP) is 3.55. The van der Waals surface area contributed by atoms with Crippen molar-refractivity contribution in [2.24, 2.45) is 0 Å². The molecular formula is C13H12ClNO3. The Morgan fingerprint density at radius 3 is 2.94 bits per heavy atom. The van der Waals surface area contributed by atoms with Gasteiger partial charge in [-0.1, -0.05) is 17.7 Å². The number of furan rings is 1. The SMILES string of the molecule is Cc1ccc(Cl)c(NCc2occc2C(=O)O)c1. The fourth-order valence-corrected chi connectivity index (χ4v) is 1.80. The number of nitrogens with one attached hydrogen (secondary N) is 1. The van der Waals surface area contributed by atoms with Gasteiger partial charge in [0, 0.05) is 0 Å². The maximum Gasteiger partial charge on any atom is 0.339 e. The van der Waals surface area contributed by atoms with Crippen LogP contribution in [-0.2, 0) is 6.54 Å². The summed E-state index contributed by atoms with van der Waals surface area (Å²) in [6, 6.07) is 7.02. The maximum absolute atomic E-state index is 10.9. The number of carbonyl (C=O) groups is 1. The molecule has 0 unspecified atom stereocenters. The van der Waals surface area contributed by atoms with E-state index in [0.717, 1.165) is 11.3 Å². The number of rotatable bonds is 4. The summed E-state index contributed by atoms with van der Waals surface area (Å²) in [5.41, 5.74) is 1.98. The molecule has 0 saturated heterocycles. The third-order valence-corrected chi connectivity index (χ3v) is 2.87. The highest BCUT2D eigenvalue weighted by Gasteiger charge is 2.13. The lowest BCUT2D eigenvalue weighted by Gasteiger charge is -2.08. The minimum Gasteiger partial charge on any atom is -0.478 e. The van der Waals surface area contributed by atoms with Crippen LogP contribution < -0.4 is 5.32 Å². The second-order valence-electron chi connectivity index (χ2n) is 3.90. The number of benzene rings is 1. The van der Waals surface area contributed by atoms with Crippen molar-refractivity contribution in [2.45, 2.75) is 13.5 Å². The van der Waals surface area contributed by atoms with Crippen LogP contribution in [0.2, 0.25) is 5.02 Å². The molecule has 94 valence electrons. The molecule has 2 rings (SSSR count). The van der Waals surface area contributed by atoms with E-state index < -0.39 is 5.97 Å². The molecule has 0 aliphatic carbocycles. The third-order valence-electron chi connectivity index (χ3n) is 2.54. The van der Waals surface area contributed by atoms with Gasteiger partial charge in [0.05, 0.1) is 23.5 Å². The second-order valence-corrected chi connectivity index (χ2v) is 4.31. The molecule has 0 fully saturated rings. The van der Waals surface area contributed by atoms with E-state index in [-0.39, 0.29) is 12.1 Å². The first-order chi connectivity index (χ1) is 8.58. The largest absolute Gasteiger partial charge is 0.478 e.